The van der Waals surface area contributed by atoms with Crippen molar-refractivity contribution < 1.29 is 0 Å². The van der Waals surface area contributed by atoms with Gasteiger partial charge in [0.15, 0.2) is 0 Å². The number of nitrogens with one attached hydrogen (secondary N) is 2. The molecule has 2 aromatic heterocycles. The second-order valence-corrected chi connectivity index (χ2v) is 12.3. The zero-order valence-electron chi connectivity index (χ0n) is 19.3. The molecule has 10 nitrogen and oxygen atoms in total. The fraction of sp³-hybridized carbons (Fsp3) is 0.273. The van der Waals surface area contributed by atoms with Crippen molar-refractivity contribution in [2.75, 3.05) is 45.9 Å². The number of rotatable bonds is 13. The van der Waals surface area contributed by atoms with Gasteiger partial charge < -0.3 is 21.3 Å². The van der Waals surface area contributed by atoms with Crippen molar-refractivity contribution in [1.29, 1.82) is 0 Å². The van der Waals surface area contributed by atoms with E-state index < -0.39 is 0 Å². The molecule has 2 heterocycles. The molecule has 0 spiro atoms. The largest absolute Gasteiger partial charge is 0.368 e. The van der Waals surface area contributed by atoms with Gasteiger partial charge in [-0.3, -0.25) is 0 Å². The molecule has 0 unspecified atom stereocenters. The van der Waals surface area contributed by atoms with Gasteiger partial charge in [0.2, 0.25) is 23.8 Å². The van der Waals surface area contributed by atoms with Crippen LogP contribution in [0.1, 0.15) is 11.1 Å². The standard InChI is InChI=1S/C22H26Br2N10S2/c23-17-5-1-3-15(11-17)13-33(21-27-19(25)29-31-21)7-9-35-36-10-8-34(22-28-20(26)30-32-22)14-16-4-2-6-18(24)12-16/h1-6,11-12H,7-10,13-14H2,(H3,25,27,29,31)(H3,26,28,30,32). The van der Waals surface area contributed by atoms with Gasteiger partial charge in [-0.15, -0.1) is 10.2 Å². The molecule has 6 N–H and O–H groups in total. The minimum Gasteiger partial charge on any atom is -0.368 e. The molecule has 4 aromatic rings. The number of aromatic nitrogens is 6. The van der Waals surface area contributed by atoms with E-state index in [1.54, 1.807) is 0 Å². The Kier molecular flexibility index (Phi) is 9.78. The highest BCUT2D eigenvalue weighted by Crippen LogP contribution is 2.24. The number of anilines is 4. The molecule has 0 saturated heterocycles. The number of nitrogen functional groups attached to an aromatic ring is 2. The topological polar surface area (TPSA) is 142 Å². The normalized spacial score (nSPS) is 11.1. The lowest BCUT2D eigenvalue weighted by Gasteiger charge is -2.22. The average molecular weight is 654 g/mol. The molecule has 0 radical (unpaired) electrons. The van der Waals surface area contributed by atoms with Gasteiger partial charge >= 0.3 is 0 Å². The molecule has 0 saturated carbocycles. The van der Waals surface area contributed by atoms with Crippen LogP contribution in [-0.4, -0.2) is 55.0 Å². The lowest BCUT2D eigenvalue weighted by Crippen LogP contribution is -2.27. The lowest BCUT2D eigenvalue weighted by atomic mass is 10.2. The molecule has 0 aliphatic heterocycles. The number of H-pyrrole nitrogens is 2. The summed E-state index contributed by atoms with van der Waals surface area (Å²) in [6, 6.07) is 16.4. The number of benzene rings is 2. The highest BCUT2D eigenvalue weighted by Gasteiger charge is 2.15. The molecule has 0 amide bonds. The van der Waals surface area contributed by atoms with Crippen LogP contribution in [0.3, 0.4) is 0 Å². The van der Waals surface area contributed by atoms with E-state index in [1.807, 2.05) is 45.9 Å². The van der Waals surface area contributed by atoms with Gasteiger partial charge in [-0.25, -0.2) is 10.2 Å². The van der Waals surface area contributed by atoms with Gasteiger partial charge in [-0.05, 0) is 35.4 Å². The van der Waals surface area contributed by atoms with Crippen LogP contribution in [0.2, 0.25) is 0 Å². The third kappa shape index (κ3) is 8.05. The predicted octanol–water partition coefficient (Wildman–Crippen LogP) is 4.71. The number of nitrogens with zero attached hydrogens (tertiary/aromatic N) is 6. The molecule has 36 heavy (non-hydrogen) atoms. The molecular formula is C22H26Br2N10S2. The molecule has 0 bridgehead atoms. The zero-order valence-corrected chi connectivity index (χ0v) is 24.1. The Bertz CT molecular complexity index is 1160. The van der Waals surface area contributed by atoms with Gasteiger partial charge in [0, 0.05) is 46.6 Å². The molecule has 0 aliphatic rings. The Labute approximate surface area is 234 Å². The zero-order chi connectivity index (χ0) is 25.3. The molecule has 0 atom stereocenters. The Balaban J connectivity index is 1.29. The summed E-state index contributed by atoms with van der Waals surface area (Å²) in [5.74, 6) is 3.60. The summed E-state index contributed by atoms with van der Waals surface area (Å²) in [5, 5.41) is 14.0. The van der Waals surface area contributed by atoms with E-state index in [0.29, 0.717) is 36.9 Å². The number of hydrogen-bond donors (Lipinski definition) is 4. The minimum atomic E-state index is 0.310. The first-order valence-corrected chi connectivity index (χ1v) is 15.1. The van der Waals surface area contributed by atoms with Crippen molar-refractivity contribution in [3.63, 3.8) is 0 Å². The summed E-state index contributed by atoms with van der Waals surface area (Å²) in [7, 11) is 3.62. The van der Waals surface area contributed by atoms with E-state index in [9.17, 15) is 0 Å². The fourth-order valence-electron chi connectivity index (χ4n) is 3.44. The number of halogens is 2. The number of aromatic amines is 2. The summed E-state index contributed by atoms with van der Waals surface area (Å²) in [6.07, 6.45) is 0. The molecule has 190 valence electrons. The monoisotopic (exact) mass is 652 g/mol. The van der Waals surface area contributed by atoms with E-state index in [2.05, 4.69) is 96.3 Å². The highest BCUT2D eigenvalue weighted by atomic mass is 79.9. The van der Waals surface area contributed by atoms with Gasteiger partial charge in [-0.1, -0.05) is 77.7 Å². The van der Waals surface area contributed by atoms with Gasteiger partial charge in [0.05, 0.1) is 0 Å². The number of nitrogens with two attached hydrogens (primary N) is 2. The summed E-state index contributed by atoms with van der Waals surface area (Å²) in [4.78, 5) is 12.9. The van der Waals surface area contributed by atoms with Crippen molar-refractivity contribution in [2.45, 2.75) is 13.1 Å². The Morgan fingerprint density at radius 2 is 1.17 bits per heavy atom. The van der Waals surface area contributed by atoms with Crippen LogP contribution in [0.25, 0.3) is 0 Å². The second-order valence-electron chi connectivity index (χ2n) is 7.79. The van der Waals surface area contributed by atoms with Gasteiger partial charge in [-0.2, -0.15) is 9.97 Å². The quantitative estimate of drug-likeness (QED) is 0.118. The fourth-order valence-corrected chi connectivity index (χ4v) is 6.31. The van der Waals surface area contributed by atoms with E-state index in [-0.39, 0.29) is 0 Å². The number of hydrogen-bond acceptors (Lipinski definition) is 10. The maximum absolute atomic E-state index is 5.77. The van der Waals surface area contributed by atoms with Crippen molar-refractivity contribution >= 4 is 77.2 Å². The summed E-state index contributed by atoms with van der Waals surface area (Å²) in [6.45, 7) is 2.94. The first-order chi connectivity index (χ1) is 17.5. The molecular weight excluding hydrogens is 628 g/mol. The van der Waals surface area contributed by atoms with Crippen molar-refractivity contribution in [3.8, 4) is 0 Å². The maximum atomic E-state index is 5.77. The van der Waals surface area contributed by atoms with E-state index in [0.717, 1.165) is 33.5 Å². The lowest BCUT2D eigenvalue weighted by molar-refractivity contribution is 0.799. The van der Waals surface area contributed by atoms with Crippen molar-refractivity contribution in [3.05, 3.63) is 68.6 Å². The predicted molar refractivity (Wildman–Crippen MR) is 157 cm³/mol. The third-order valence-electron chi connectivity index (χ3n) is 5.04. The smallest absolute Gasteiger partial charge is 0.246 e. The van der Waals surface area contributed by atoms with Crippen LogP contribution >= 0.6 is 53.4 Å². The SMILES string of the molecule is Nc1nc(N(CCSSCCN(Cc2cccc(Br)c2)c2n[nH]c(N)n2)Cc2cccc(Br)c2)n[nH]1. The average Bonchev–Trinajstić information content (AvgIpc) is 3.48. The van der Waals surface area contributed by atoms with Gasteiger partial charge in [0.1, 0.15) is 0 Å². The first-order valence-electron chi connectivity index (χ1n) is 11.1. The second kappa shape index (κ2) is 13.2. The van der Waals surface area contributed by atoms with Crippen LogP contribution in [-0.2, 0) is 13.1 Å². The van der Waals surface area contributed by atoms with Gasteiger partial charge in [0.25, 0.3) is 0 Å². The van der Waals surface area contributed by atoms with Crippen LogP contribution < -0.4 is 21.3 Å². The van der Waals surface area contributed by atoms with Crippen LogP contribution in [0, 0.1) is 0 Å². The summed E-state index contributed by atoms with van der Waals surface area (Å²) < 4.78 is 2.08. The summed E-state index contributed by atoms with van der Waals surface area (Å²) >= 11 is 7.08. The highest BCUT2D eigenvalue weighted by molar-refractivity contribution is 9.10. The first kappa shape index (κ1) is 26.6. The maximum Gasteiger partial charge on any atom is 0.246 e. The van der Waals surface area contributed by atoms with Crippen molar-refractivity contribution in [1.82, 2.24) is 30.4 Å². The van der Waals surface area contributed by atoms with E-state index >= 15 is 0 Å². The molecule has 4 rings (SSSR count). The van der Waals surface area contributed by atoms with E-state index in [4.69, 9.17) is 11.5 Å². The Morgan fingerprint density at radius 1 is 0.722 bits per heavy atom. The third-order valence-corrected chi connectivity index (χ3v) is 8.40. The Morgan fingerprint density at radius 3 is 1.53 bits per heavy atom. The molecule has 0 fully saturated rings. The van der Waals surface area contributed by atoms with Crippen LogP contribution in [0.5, 0.6) is 0 Å². The van der Waals surface area contributed by atoms with Crippen LogP contribution in [0.4, 0.5) is 23.8 Å². The Hall–Kier alpha value is -2.42. The van der Waals surface area contributed by atoms with E-state index in [1.165, 1.54) is 11.1 Å². The molecule has 0 aliphatic carbocycles. The molecule has 14 heteroatoms. The minimum absolute atomic E-state index is 0.310. The molecule has 2 aromatic carbocycles. The van der Waals surface area contributed by atoms with Crippen LogP contribution in [0.15, 0.2) is 57.5 Å². The van der Waals surface area contributed by atoms with Crippen molar-refractivity contribution in [2.24, 2.45) is 0 Å². The summed E-state index contributed by atoms with van der Waals surface area (Å²) in [5.41, 5.74) is 13.9.